The minimum atomic E-state index is -1.41. The van der Waals surface area contributed by atoms with Gasteiger partial charge >= 0.3 is 0 Å². The minimum absolute atomic E-state index is 0.0916. The summed E-state index contributed by atoms with van der Waals surface area (Å²) in [5, 5.41) is 2.95. The monoisotopic (exact) mass is 305 g/mol. The van der Waals surface area contributed by atoms with Crippen LogP contribution in [0, 0.1) is 12.7 Å². The van der Waals surface area contributed by atoms with Crippen molar-refractivity contribution in [2.45, 2.75) is 30.0 Å². The third-order valence-corrected chi connectivity index (χ3v) is 5.32. The molecule has 2 rings (SSSR count). The van der Waals surface area contributed by atoms with Crippen LogP contribution >= 0.6 is 0 Å². The van der Waals surface area contributed by atoms with Crippen LogP contribution in [0.3, 0.4) is 0 Å². The van der Waals surface area contributed by atoms with Gasteiger partial charge in [0.1, 0.15) is 5.82 Å². The average molecular weight is 305 g/mol. The Balaban J connectivity index is 2.28. The molecule has 0 aliphatic carbocycles. The third kappa shape index (κ3) is 3.57. The molecule has 0 fully saturated rings. The van der Waals surface area contributed by atoms with Gasteiger partial charge in [0.25, 0.3) is 0 Å². The molecule has 1 N–H and O–H groups in total. The molecule has 0 spiro atoms. The molecule has 0 bridgehead atoms. The Hall–Kier alpha value is -1.52. The summed E-state index contributed by atoms with van der Waals surface area (Å²) in [6.45, 7) is 3.91. The van der Waals surface area contributed by atoms with Crippen molar-refractivity contribution in [3.8, 4) is 0 Å². The Morgan fingerprint density at radius 2 is 1.71 bits per heavy atom. The first-order valence-corrected chi connectivity index (χ1v) is 8.15. The van der Waals surface area contributed by atoms with Gasteiger partial charge in [-0.15, -0.1) is 0 Å². The molecule has 0 aromatic heterocycles. The molecule has 112 valence electrons. The predicted octanol–water partition coefficient (Wildman–Crippen LogP) is 3.59. The zero-order valence-electron chi connectivity index (χ0n) is 12.5. The van der Waals surface area contributed by atoms with E-state index in [2.05, 4.69) is 5.32 Å². The van der Waals surface area contributed by atoms with Crippen molar-refractivity contribution in [3.63, 3.8) is 0 Å². The number of halogens is 1. The van der Waals surface area contributed by atoms with E-state index in [1.807, 2.05) is 45.2 Å². The molecule has 0 saturated heterocycles. The molecule has 2 aromatic rings. The second-order valence-electron chi connectivity index (χ2n) is 5.11. The Kier molecular flexibility index (Phi) is 5.26. The normalized spacial score (nSPS) is 15.4. The first-order chi connectivity index (χ1) is 10.0. The van der Waals surface area contributed by atoms with Crippen molar-refractivity contribution < 1.29 is 8.60 Å². The van der Waals surface area contributed by atoms with Gasteiger partial charge in [-0.2, -0.15) is 0 Å². The average Bonchev–Trinajstić information content (AvgIpc) is 2.49. The second-order valence-corrected chi connectivity index (χ2v) is 6.89. The first-order valence-electron chi connectivity index (χ1n) is 6.93. The summed E-state index contributed by atoms with van der Waals surface area (Å²) in [5.74, 6) is -0.415. The molecule has 2 aromatic carbocycles. The summed E-state index contributed by atoms with van der Waals surface area (Å²) >= 11 is 0. The fraction of sp³-hybridized carbons (Fsp3) is 0.294. The van der Waals surface area contributed by atoms with Gasteiger partial charge < -0.3 is 5.32 Å². The third-order valence-electron chi connectivity index (χ3n) is 3.61. The zero-order valence-corrected chi connectivity index (χ0v) is 13.3. The Labute approximate surface area is 127 Å². The maximum atomic E-state index is 13.8. The van der Waals surface area contributed by atoms with Gasteiger partial charge in [-0.3, -0.25) is 4.21 Å². The van der Waals surface area contributed by atoms with Crippen molar-refractivity contribution in [1.29, 1.82) is 0 Å². The van der Waals surface area contributed by atoms with Crippen LogP contribution in [0.25, 0.3) is 0 Å². The van der Waals surface area contributed by atoms with Gasteiger partial charge in [0, 0.05) is 6.04 Å². The van der Waals surface area contributed by atoms with Crippen LogP contribution in [0.1, 0.15) is 24.1 Å². The van der Waals surface area contributed by atoms with E-state index < -0.39 is 16.6 Å². The van der Waals surface area contributed by atoms with E-state index in [4.69, 9.17) is 0 Å². The Morgan fingerprint density at radius 1 is 1.10 bits per heavy atom. The molecule has 0 amide bonds. The molecular formula is C17H20FNOS. The molecule has 0 heterocycles. The lowest BCUT2D eigenvalue weighted by molar-refractivity contribution is 0.560. The number of rotatable bonds is 5. The zero-order chi connectivity index (χ0) is 15.4. The van der Waals surface area contributed by atoms with Crippen LogP contribution in [-0.2, 0) is 10.8 Å². The van der Waals surface area contributed by atoms with Crippen molar-refractivity contribution in [3.05, 3.63) is 65.5 Å². The molecule has 2 nitrogen and oxygen atoms in total. The lowest BCUT2D eigenvalue weighted by Gasteiger charge is -2.24. The molecule has 21 heavy (non-hydrogen) atoms. The largest absolute Gasteiger partial charge is 0.312 e. The van der Waals surface area contributed by atoms with E-state index >= 15 is 0 Å². The highest BCUT2D eigenvalue weighted by Crippen LogP contribution is 2.25. The summed E-state index contributed by atoms with van der Waals surface area (Å²) in [5.41, 5.74) is 2.23. The highest BCUT2D eigenvalue weighted by molar-refractivity contribution is 7.85. The molecule has 4 heteroatoms. The number of aryl methyl sites for hydroxylation is 1. The van der Waals surface area contributed by atoms with Crippen LogP contribution in [0.15, 0.2) is 53.4 Å². The van der Waals surface area contributed by atoms with Crippen molar-refractivity contribution >= 4 is 10.8 Å². The molecular weight excluding hydrogens is 285 g/mol. The molecule has 0 aliphatic rings. The van der Waals surface area contributed by atoms with Gasteiger partial charge in [-0.25, -0.2) is 4.39 Å². The van der Waals surface area contributed by atoms with Crippen LogP contribution in [0.4, 0.5) is 4.39 Å². The van der Waals surface area contributed by atoms with Crippen molar-refractivity contribution in [2.24, 2.45) is 0 Å². The van der Waals surface area contributed by atoms with E-state index in [-0.39, 0.29) is 16.2 Å². The summed E-state index contributed by atoms with van der Waals surface area (Å²) in [4.78, 5) is 0.261. The second kappa shape index (κ2) is 6.96. The van der Waals surface area contributed by atoms with E-state index in [1.165, 1.54) is 11.6 Å². The fourth-order valence-electron chi connectivity index (χ4n) is 2.38. The van der Waals surface area contributed by atoms with Crippen molar-refractivity contribution in [2.75, 3.05) is 7.05 Å². The maximum absolute atomic E-state index is 13.8. The summed E-state index contributed by atoms with van der Waals surface area (Å²) in [6, 6.07) is 14.3. The number of hydrogen-bond donors (Lipinski definition) is 1. The summed E-state index contributed by atoms with van der Waals surface area (Å²) in [7, 11) is 0.420. The smallest absolute Gasteiger partial charge is 0.139 e. The van der Waals surface area contributed by atoms with Crippen LogP contribution in [0.5, 0.6) is 0 Å². The van der Waals surface area contributed by atoms with E-state index in [0.717, 1.165) is 5.56 Å². The molecule has 3 unspecified atom stereocenters. The summed E-state index contributed by atoms with van der Waals surface area (Å²) in [6.07, 6.45) is 0. The Morgan fingerprint density at radius 3 is 2.29 bits per heavy atom. The lowest BCUT2D eigenvalue weighted by Crippen LogP contribution is -2.31. The van der Waals surface area contributed by atoms with Crippen LogP contribution in [-0.4, -0.2) is 16.5 Å². The van der Waals surface area contributed by atoms with Gasteiger partial charge in [-0.05, 0) is 38.6 Å². The number of nitrogens with one attached hydrogen (secondary N) is 1. The number of hydrogen-bond acceptors (Lipinski definition) is 2. The van der Waals surface area contributed by atoms with Gasteiger partial charge in [0.15, 0.2) is 0 Å². The van der Waals surface area contributed by atoms with E-state index in [1.54, 1.807) is 18.2 Å². The van der Waals surface area contributed by atoms with Gasteiger partial charge in [0.2, 0.25) is 0 Å². The SMILES string of the molecule is CNC(c1ccc(C)cc1)C(C)S(=O)c1ccccc1F. The fourth-order valence-corrected chi connectivity index (χ4v) is 3.79. The predicted molar refractivity (Wildman–Crippen MR) is 85.3 cm³/mol. The topological polar surface area (TPSA) is 29.1 Å². The van der Waals surface area contributed by atoms with Crippen molar-refractivity contribution in [1.82, 2.24) is 5.32 Å². The lowest BCUT2D eigenvalue weighted by atomic mass is 10.0. The molecule has 0 saturated carbocycles. The minimum Gasteiger partial charge on any atom is -0.312 e. The Bertz CT molecular complexity index is 627. The standard InChI is InChI=1S/C17H20FNOS/c1-12-8-10-14(11-9-12)17(19-3)13(2)21(20)16-7-5-4-6-15(16)18/h4-11,13,17,19H,1-3H3. The summed E-state index contributed by atoms with van der Waals surface area (Å²) < 4.78 is 26.4. The molecule has 0 radical (unpaired) electrons. The molecule has 3 atom stereocenters. The van der Waals surface area contributed by atoms with Gasteiger partial charge in [-0.1, -0.05) is 42.0 Å². The first kappa shape index (κ1) is 15.9. The maximum Gasteiger partial charge on any atom is 0.139 e. The number of benzene rings is 2. The van der Waals surface area contributed by atoms with E-state index in [9.17, 15) is 8.60 Å². The highest BCUT2D eigenvalue weighted by Gasteiger charge is 2.25. The quantitative estimate of drug-likeness (QED) is 0.914. The van der Waals surface area contributed by atoms with Crippen LogP contribution in [0.2, 0.25) is 0 Å². The van der Waals surface area contributed by atoms with Crippen LogP contribution < -0.4 is 5.32 Å². The van der Waals surface area contributed by atoms with E-state index in [0.29, 0.717) is 0 Å². The van der Waals surface area contributed by atoms with Gasteiger partial charge in [0.05, 0.1) is 20.9 Å². The molecule has 0 aliphatic heterocycles. The highest BCUT2D eigenvalue weighted by atomic mass is 32.2.